The molecule has 0 aliphatic heterocycles. The van der Waals surface area contributed by atoms with Gasteiger partial charge in [0.15, 0.2) is 14.4 Å². The van der Waals surface area contributed by atoms with E-state index in [1.165, 1.54) is 0 Å². The molecule has 0 N–H and O–H groups in total. The molecule has 1 aromatic carbocycles. The molecule has 4 nitrogen and oxygen atoms in total. The Hall–Kier alpha value is -1.31. The van der Waals surface area contributed by atoms with Crippen LogP contribution in [0.2, 0.25) is 0 Å². The molecule has 0 radical (unpaired) electrons. The van der Waals surface area contributed by atoms with Gasteiger partial charge in [0.1, 0.15) is 0 Å². The van der Waals surface area contributed by atoms with Crippen molar-refractivity contribution in [2.45, 2.75) is 21.4 Å². The summed E-state index contributed by atoms with van der Waals surface area (Å²) < 4.78 is 7.73. The molecule has 7 heteroatoms. The Bertz CT molecular complexity index is 696. The van der Waals surface area contributed by atoms with Crippen molar-refractivity contribution in [2.24, 2.45) is 0 Å². The number of thioether (sulfide) groups is 2. The van der Waals surface area contributed by atoms with Gasteiger partial charge in [-0.3, -0.25) is 0 Å². The van der Waals surface area contributed by atoms with Gasteiger partial charge in [-0.2, -0.15) is 0 Å². The minimum atomic E-state index is 0.665. The molecular formula is C14H13N3OS3. The first-order valence-corrected chi connectivity index (χ1v) is 9.23. The lowest BCUT2D eigenvalue weighted by Gasteiger charge is -1.94. The van der Waals surface area contributed by atoms with Gasteiger partial charge in [0.05, 0.1) is 11.9 Å². The highest BCUT2D eigenvalue weighted by molar-refractivity contribution is 8.02. The van der Waals surface area contributed by atoms with E-state index in [0.29, 0.717) is 11.6 Å². The lowest BCUT2D eigenvalue weighted by molar-refractivity contribution is 0.530. The molecule has 0 bridgehead atoms. The molecule has 3 aromatic rings. The van der Waals surface area contributed by atoms with Crippen LogP contribution in [-0.2, 0) is 5.75 Å². The Morgan fingerprint density at radius 1 is 1.10 bits per heavy atom. The molecule has 0 fully saturated rings. The fraction of sp³-hybridized carbons (Fsp3) is 0.214. The summed E-state index contributed by atoms with van der Waals surface area (Å²) in [5.74, 6) is 3.18. The van der Waals surface area contributed by atoms with E-state index >= 15 is 0 Å². The van der Waals surface area contributed by atoms with E-state index in [-0.39, 0.29) is 0 Å². The Morgan fingerprint density at radius 2 is 1.86 bits per heavy atom. The molecule has 21 heavy (non-hydrogen) atoms. The highest BCUT2D eigenvalue weighted by atomic mass is 32.2. The second kappa shape index (κ2) is 7.11. The summed E-state index contributed by atoms with van der Waals surface area (Å²) >= 11 is 4.93. The average Bonchev–Trinajstić information content (AvgIpc) is 3.16. The quantitative estimate of drug-likeness (QED) is 0.614. The average molecular weight is 335 g/mol. The molecule has 0 atom stereocenters. The van der Waals surface area contributed by atoms with Crippen LogP contribution < -0.4 is 0 Å². The maximum atomic E-state index is 5.77. The van der Waals surface area contributed by atoms with Gasteiger partial charge in [0, 0.05) is 5.56 Å². The number of nitrogens with zero attached hydrogens (tertiary/aromatic N) is 3. The largest absolute Gasteiger partial charge is 0.440 e. The van der Waals surface area contributed by atoms with Crippen LogP contribution in [0.4, 0.5) is 0 Å². The Labute approximate surface area is 135 Å². The Kier molecular flexibility index (Phi) is 4.95. The van der Waals surface area contributed by atoms with E-state index in [1.807, 2.05) is 30.3 Å². The minimum absolute atomic E-state index is 0.665. The molecule has 0 aliphatic carbocycles. The number of oxazole rings is 1. The molecule has 2 aromatic heterocycles. The zero-order chi connectivity index (χ0) is 14.5. The second-order valence-electron chi connectivity index (χ2n) is 4.04. The van der Waals surface area contributed by atoms with E-state index < -0.39 is 0 Å². The molecule has 0 amide bonds. The van der Waals surface area contributed by atoms with Crippen LogP contribution in [0, 0.1) is 0 Å². The van der Waals surface area contributed by atoms with Gasteiger partial charge in [-0.15, -0.1) is 10.2 Å². The number of benzene rings is 1. The first kappa shape index (κ1) is 14.6. The maximum Gasteiger partial charge on any atom is 0.205 e. The minimum Gasteiger partial charge on any atom is -0.440 e. The summed E-state index contributed by atoms with van der Waals surface area (Å²) in [4.78, 5) is 4.31. The molecule has 0 unspecified atom stereocenters. The van der Waals surface area contributed by atoms with Crippen LogP contribution in [0.5, 0.6) is 0 Å². The van der Waals surface area contributed by atoms with Gasteiger partial charge in [0.25, 0.3) is 0 Å². The number of rotatable bonds is 6. The highest BCUT2D eigenvalue weighted by Crippen LogP contribution is 2.31. The number of hydrogen-bond acceptors (Lipinski definition) is 7. The van der Waals surface area contributed by atoms with E-state index in [9.17, 15) is 0 Å². The smallest absolute Gasteiger partial charge is 0.205 e. The summed E-state index contributed by atoms with van der Waals surface area (Å²) in [5.41, 5.74) is 1.04. The Balaban J connectivity index is 1.62. The predicted molar refractivity (Wildman–Crippen MR) is 87.8 cm³/mol. The van der Waals surface area contributed by atoms with Crippen LogP contribution in [-0.4, -0.2) is 20.9 Å². The fourth-order valence-corrected chi connectivity index (χ4v) is 4.44. The third kappa shape index (κ3) is 3.87. The SMILES string of the molecule is CCSc1nnc(SCc2ncc(-c3ccccc3)o2)s1. The predicted octanol–water partition coefficient (Wildman–Crippen LogP) is 4.60. The van der Waals surface area contributed by atoms with Gasteiger partial charge in [-0.05, 0) is 5.75 Å². The van der Waals surface area contributed by atoms with Gasteiger partial charge >= 0.3 is 0 Å². The van der Waals surface area contributed by atoms with Crippen LogP contribution >= 0.6 is 34.9 Å². The van der Waals surface area contributed by atoms with E-state index in [1.54, 1.807) is 41.1 Å². The third-order valence-electron chi connectivity index (χ3n) is 2.59. The molecule has 108 valence electrons. The van der Waals surface area contributed by atoms with Gasteiger partial charge < -0.3 is 4.42 Å². The van der Waals surface area contributed by atoms with Crippen LogP contribution in [0.15, 0.2) is 49.6 Å². The molecular weight excluding hydrogens is 322 g/mol. The first-order valence-electron chi connectivity index (χ1n) is 6.44. The van der Waals surface area contributed by atoms with E-state index in [0.717, 1.165) is 25.8 Å². The monoisotopic (exact) mass is 335 g/mol. The molecule has 0 aliphatic rings. The first-order chi connectivity index (χ1) is 10.3. The van der Waals surface area contributed by atoms with E-state index in [4.69, 9.17) is 4.42 Å². The number of aromatic nitrogens is 3. The van der Waals surface area contributed by atoms with Crippen LogP contribution in [0.1, 0.15) is 12.8 Å². The summed E-state index contributed by atoms with van der Waals surface area (Å²) in [5, 5.41) is 8.29. The summed E-state index contributed by atoms with van der Waals surface area (Å²) in [6.45, 7) is 2.11. The molecule has 3 rings (SSSR count). The summed E-state index contributed by atoms with van der Waals surface area (Å²) in [6, 6.07) is 9.98. The van der Waals surface area contributed by atoms with Crippen molar-refractivity contribution in [1.29, 1.82) is 0 Å². The Morgan fingerprint density at radius 3 is 2.62 bits per heavy atom. The van der Waals surface area contributed by atoms with Gasteiger partial charge in [-0.25, -0.2) is 4.98 Å². The van der Waals surface area contributed by atoms with Crippen molar-refractivity contribution < 1.29 is 4.42 Å². The zero-order valence-electron chi connectivity index (χ0n) is 11.4. The summed E-state index contributed by atoms with van der Waals surface area (Å²) in [7, 11) is 0. The topological polar surface area (TPSA) is 51.8 Å². The zero-order valence-corrected chi connectivity index (χ0v) is 13.8. The molecule has 2 heterocycles. The maximum absolute atomic E-state index is 5.77. The van der Waals surface area contributed by atoms with Crippen molar-refractivity contribution in [1.82, 2.24) is 15.2 Å². The summed E-state index contributed by atoms with van der Waals surface area (Å²) in [6.07, 6.45) is 1.77. The van der Waals surface area contributed by atoms with Crippen molar-refractivity contribution >= 4 is 34.9 Å². The third-order valence-corrected chi connectivity index (χ3v) is 5.64. The van der Waals surface area contributed by atoms with Gasteiger partial charge in [0.2, 0.25) is 5.89 Å². The van der Waals surface area contributed by atoms with Crippen molar-refractivity contribution in [3.63, 3.8) is 0 Å². The van der Waals surface area contributed by atoms with Crippen molar-refractivity contribution in [3.05, 3.63) is 42.4 Å². The van der Waals surface area contributed by atoms with Gasteiger partial charge in [-0.1, -0.05) is 72.1 Å². The second-order valence-corrected chi connectivity index (χ2v) is 7.75. The molecule has 0 saturated carbocycles. The van der Waals surface area contributed by atoms with E-state index in [2.05, 4.69) is 22.1 Å². The standard InChI is InChI=1S/C14H13N3OS3/c1-2-19-13-16-17-14(21-13)20-9-12-15-8-11(18-12)10-6-4-3-5-7-10/h3-8H,2,9H2,1H3. The normalized spacial score (nSPS) is 10.9. The van der Waals surface area contributed by atoms with Crippen molar-refractivity contribution in [2.75, 3.05) is 5.75 Å². The fourth-order valence-electron chi connectivity index (χ4n) is 1.67. The van der Waals surface area contributed by atoms with Crippen LogP contribution in [0.3, 0.4) is 0 Å². The molecule has 0 saturated heterocycles. The number of hydrogen-bond donors (Lipinski definition) is 0. The highest BCUT2D eigenvalue weighted by Gasteiger charge is 2.09. The van der Waals surface area contributed by atoms with Crippen LogP contribution in [0.25, 0.3) is 11.3 Å². The lowest BCUT2D eigenvalue weighted by atomic mass is 10.2. The lowest BCUT2D eigenvalue weighted by Crippen LogP contribution is -1.78. The van der Waals surface area contributed by atoms with Crippen molar-refractivity contribution in [3.8, 4) is 11.3 Å². The molecule has 0 spiro atoms.